The van der Waals surface area contributed by atoms with Crippen molar-refractivity contribution in [3.8, 4) is 0 Å². The van der Waals surface area contributed by atoms with Crippen LogP contribution in [0, 0.1) is 0 Å². The molecule has 36 valence electrons. The summed E-state index contributed by atoms with van der Waals surface area (Å²) in [5, 5.41) is 0. The lowest BCUT2D eigenvalue weighted by atomic mass is 10.8. The van der Waals surface area contributed by atoms with Crippen LogP contribution in [0.5, 0.6) is 0 Å². The molecule has 1 atom stereocenters. The van der Waals surface area contributed by atoms with Crippen molar-refractivity contribution < 1.29 is 9.09 Å². The Balaban J connectivity index is 2.81. The highest BCUT2D eigenvalue weighted by molar-refractivity contribution is 7.45. The molecule has 1 N–H and O–H groups in total. The number of hydrogen-bond acceptors (Lipinski definition) is 1. The van der Waals surface area contributed by atoms with Crippen LogP contribution in [0.15, 0.2) is 12.7 Å². The van der Waals surface area contributed by atoms with Gasteiger partial charge in [-0.2, -0.15) is 4.20 Å². The van der Waals surface area contributed by atoms with Crippen LogP contribution in [-0.2, 0) is 0 Å². The molecule has 0 spiro atoms. The lowest BCUT2D eigenvalue weighted by Crippen LogP contribution is -1.64. The fraction of sp³-hybridized carbons (Fsp3) is 0.333. The largest absolute Gasteiger partial charge is 0.346 e. The average molecular weight is 108 g/mol. The molecule has 3 heteroatoms. The highest BCUT2D eigenvalue weighted by atomic mass is 31.2. The second-order valence-corrected chi connectivity index (χ2v) is 1.85. The summed E-state index contributed by atoms with van der Waals surface area (Å²) in [5.74, 6) is 0. The second kappa shape index (κ2) is 3.26. The van der Waals surface area contributed by atoms with Gasteiger partial charge in [0.15, 0.2) is 0 Å². The van der Waals surface area contributed by atoms with E-state index in [2.05, 4.69) is 6.58 Å². The van der Waals surface area contributed by atoms with Gasteiger partial charge in [0, 0.05) is 6.16 Å². The third-order valence-electron chi connectivity index (χ3n) is 0.280. The van der Waals surface area contributed by atoms with Crippen molar-refractivity contribution in [1.29, 1.82) is 0 Å². The molecule has 0 saturated carbocycles. The minimum absolute atomic E-state index is 0.0926. The van der Waals surface area contributed by atoms with E-state index >= 15 is 0 Å². The molecule has 6 heavy (non-hydrogen) atoms. The lowest BCUT2D eigenvalue weighted by molar-refractivity contribution is 0.571. The molecule has 0 aromatic carbocycles. The summed E-state index contributed by atoms with van der Waals surface area (Å²) in [6, 6.07) is 0. The van der Waals surface area contributed by atoms with Crippen LogP contribution in [-0.4, -0.2) is 11.1 Å². The van der Waals surface area contributed by atoms with Crippen molar-refractivity contribution in [3.63, 3.8) is 0 Å². The van der Waals surface area contributed by atoms with Gasteiger partial charge in [0.2, 0.25) is 8.46 Å². The van der Waals surface area contributed by atoms with Crippen LogP contribution in [0.2, 0.25) is 0 Å². The molecule has 0 aliphatic heterocycles. The first-order valence-corrected chi connectivity index (χ1v) is 2.87. The maximum Gasteiger partial charge on any atom is 0.221 e. The summed E-state index contributed by atoms with van der Waals surface area (Å²) in [7, 11) is -2.22. The van der Waals surface area contributed by atoms with E-state index in [9.17, 15) is 4.20 Å². The van der Waals surface area contributed by atoms with Crippen LogP contribution in [0.4, 0.5) is 4.20 Å². The van der Waals surface area contributed by atoms with E-state index in [1.807, 2.05) is 0 Å². The van der Waals surface area contributed by atoms with Crippen LogP contribution < -0.4 is 0 Å². The standard InChI is InChI=1S/C3H6FOP/c1-2-3-6(4)5/h2,5H,1,3H2. The molecule has 0 rings (SSSR count). The Morgan fingerprint density at radius 2 is 2.50 bits per heavy atom. The van der Waals surface area contributed by atoms with Gasteiger partial charge in [0.1, 0.15) is 0 Å². The molecule has 1 nitrogen and oxygen atoms in total. The molecule has 0 radical (unpaired) electrons. The quantitative estimate of drug-likeness (QED) is 0.419. The summed E-state index contributed by atoms with van der Waals surface area (Å²) in [4.78, 5) is 7.88. The Morgan fingerprint density at radius 1 is 2.00 bits per heavy atom. The zero-order valence-corrected chi connectivity index (χ0v) is 4.16. The topological polar surface area (TPSA) is 20.2 Å². The minimum Gasteiger partial charge on any atom is -0.346 e. The highest BCUT2D eigenvalue weighted by Crippen LogP contribution is 2.29. The van der Waals surface area contributed by atoms with Crippen molar-refractivity contribution >= 4 is 8.46 Å². The van der Waals surface area contributed by atoms with Gasteiger partial charge < -0.3 is 4.89 Å². The molecule has 0 bridgehead atoms. The van der Waals surface area contributed by atoms with Gasteiger partial charge in [0.05, 0.1) is 0 Å². The molecule has 0 heterocycles. The highest BCUT2D eigenvalue weighted by Gasteiger charge is 1.91. The second-order valence-electron chi connectivity index (χ2n) is 0.808. The molecule has 0 aliphatic rings. The summed E-state index contributed by atoms with van der Waals surface area (Å²) < 4.78 is 11.3. The smallest absolute Gasteiger partial charge is 0.221 e. The van der Waals surface area contributed by atoms with Crippen LogP contribution >= 0.6 is 8.46 Å². The van der Waals surface area contributed by atoms with Gasteiger partial charge in [0.25, 0.3) is 0 Å². The first-order chi connectivity index (χ1) is 2.77. The van der Waals surface area contributed by atoms with E-state index < -0.39 is 8.46 Å². The summed E-state index contributed by atoms with van der Waals surface area (Å²) in [6.45, 7) is 3.22. The maximum atomic E-state index is 11.3. The van der Waals surface area contributed by atoms with Crippen molar-refractivity contribution in [2.75, 3.05) is 6.16 Å². The lowest BCUT2D eigenvalue weighted by Gasteiger charge is -1.86. The minimum atomic E-state index is -2.22. The molecule has 0 fully saturated rings. The van der Waals surface area contributed by atoms with Gasteiger partial charge >= 0.3 is 0 Å². The van der Waals surface area contributed by atoms with Crippen molar-refractivity contribution in [1.82, 2.24) is 0 Å². The van der Waals surface area contributed by atoms with Gasteiger partial charge in [-0.05, 0) is 0 Å². The van der Waals surface area contributed by atoms with E-state index in [1.54, 1.807) is 0 Å². The Kier molecular flexibility index (Phi) is 3.29. The van der Waals surface area contributed by atoms with Gasteiger partial charge in [-0.25, -0.2) is 0 Å². The van der Waals surface area contributed by atoms with E-state index in [0.29, 0.717) is 0 Å². The normalized spacial score (nSPS) is 13.7. The third kappa shape index (κ3) is 4.06. The SMILES string of the molecule is C=CCP(O)F. The summed E-state index contributed by atoms with van der Waals surface area (Å²) in [6.07, 6.45) is 1.45. The monoisotopic (exact) mass is 108 g/mol. The Bertz CT molecular complexity index is 46.1. The molecule has 0 saturated heterocycles. The first-order valence-electron chi connectivity index (χ1n) is 1.50. The van der Waals surface area contributed by atoms with Crippen molar-refractivity contribution in [3.05, 3.63) is 12.7 Å². The molecule has 0 aromatic heterocycles. The van der Waals surface area contributed by atoms with Crippen LogP contribution in [0.25, 0.3) is 0 Å². The van der Waals surface area contributed by atoms with Crippen molar-refractivity contribution in [2.24, 2.45) is 0 Å². The van der Waals surface area contributed by atoms with E-state index in [4.69, 9.17) is 4.89 Å². The van der Waals surface area contributed by atoms with Crippen LogP contribution in [0.3, 0.4) is 0 Å². The predicted molar refractivity (Wildman–Crippen MR) is 25.3 cm³/mol. The number of rotatable bonds is 2. The zero-order chi connectivity index (χ0) is 4.99. The van der Waals surface area contributed by atoms with E-state index in [0.717, 1.165) is 0 Å². The van der Waals surface area contributed by atoms with Gasteiger partial charge in [-0.15, -0.1) is 6.58 Å². The van der Waals surface area contributed by atoms with Gasteiger partial charge in [-0.1, -0.05) is 6.08 Å². The molecule has 1 unspecified atom stereocenters. The fourth-order valence-electron chi connectivity index (χ4n) is 0.107. The van der Waals surface area contributed by atoms with E-state index in [1.165, 1.54) is 6.08 Å². The van der Waals surface area contributed by atoms with Crippen molar-refractivity contribution in [2.45, 2.75) is 0 Å². The number of halogens is 1. The Labute approximate surface area is 37.4 Å². The fourth-order valence-corrected chi connectivity index (χ4v) is 0.320. The molecule has 0 amide bonds. The van der Waals surface area contributed by atoms with Crippen LogP contribution in [0.1, 0.15) is 0 Å². The summed E-state index contributed by atoms with van der Waals surface area (Å²) in [5.41, 5.74) is 0. The Hall–Kier alpha value is 0.0600. The molecular weight excluding hydrogens is 102 g/mol. The van der Waals surface area contributed by atoms with Gasteiger partial charge in [-0.3, -0.25) is 0 Å². The molecule has 0 aromatic rings. The third-order valence-corrected chi connectivity index (χ3v) is 0.839. The number of hydrogen-bond donors (Lipinski definition) is 1. The Morgan fingerprint density at radius 3 is 2.50 bits per heavy atom. The summed E-state index contributed by atoms with van der Waals surface area (Å²) >= 11 is 0. The molecule has 0 aliphatic carbocycles. The predicted octanol–water partition coefficient (Wildman–Crippen LogP) is 1.45. The van der Waals surface area contributed by atoms with E-state index in [-0.39, 0.29) is 6.16 Å². The molecular formula is C3H6FOP. The average Bonchev–Trinajstić information content (AvgIpc) is 1.35. The maximum absolute atomic E-state index is 11.3. The zero-order valence-electron chi connectivity index (χ0n) is 3.26. The number of allylic oxidation sites excluding steroid dienone is 1. The first kappa shape index (κ1) is 6.06.